The van der Waals surface area contributed by atoms with Crippen LogP contribution in [0, 0.1) is 17.8 Å². The molecule has 2 atom stereocenters. The summed E-state index contributed by atoms with van der Waals surface area (Å²) in [6.45, 7) is 0. The predicted octanol–water partition coefficient (Wildman–Crippen LogP) is 1.33. The standard InChI is InChI=1S/C19H24N6O2/c20-18(21)25-17(26)13-8-23-16-12(1-2-22-16)15(13)24-14-10-3-9-4-11(14)7-19(27,5-9)6-10/h1-2,8-11,14,27H,3-7H2,(H2,22,23,24)(H4,20,21,25,26). The number of rotatable bonds is 3. The molecule has 8 heteroatoms. The van der Waals surface area contributed by atoms with Gasteiger partial charge in [-0.05, 0) is 55.9 Å². The van der Waals surface area contributed by atoms with Gasteiger partial charge in [-0.3, -0.25) is 4.79 Å². The van der Waals surface area contributed by atoms with Crippen molar-refractivity contribution in [1.82, 2.24) is 9.97 Å². The molecule has 2 heterocycles. The number of pyridine rings is 1. The Morgan fingerprint density at radius 1 is 1.30 bits per heavy atom. The molecule has 4 aliphatic carbocycles. The highest BCUT2D eigenvalue weighted by atomic mass is 16.3. The number of anilines is 1. The number of aromatic amines is 1. The van der Waals surface area contributed by atoms with E-state index in [4.69, 9.17) is 11.5 Å². The summed E-state index contributed by atoms with van der Waals surface area (Å²) in [5.74, 6) is 0.675. The maximum absolute atomic E-state index is 12.6. The Balaban J connectivity index is 1.54. The van der Waals surface area contributed by atoms with Crippen molar-refractivity contribution < 1.29 is 9.90 Å². The van der Waals surface area contributed by atoms with Gasteiger partial charge in [-0.25, -0.2) is 4.98 Å². The van der Waals surface area contributed by atoms with E-state index in [1.54, 1.807) is 6.20 Å². The molecule has 6 rings (SSSR count). The van der Waals surface area contributed by atoms with Gasteiger partial charge >= 0.3 is 0 Å². The molecule has 142 valence electrons. The van der Waals surface area contributed by atoms with Gasteiger partial charge in [-0.15, -0.1) is 0 Å². The number of aliphatic imine (C=N–C) groups is 1. The number of aromatic nitrogens is 2. The van der Waals surface area contributed by atoms with Crippen LogP contribution in [-0.2, 0) is 0 Å². The van der Waals surface area contributed by atoms with E-state index < -0.39 is 11.5 Å². The van der Waals surface area contributed by atoms with Crippen molar-refractivity contribution in [2.24, 2.45) is 34.2 Å². The normalized spacial score (nSPS) is 34.0. The summed E-state index contributed by atoms with van der Waals surface area (Å²) >= 11 is 0. The average Bonchev–Trinajstić information content (AvgIpc) is 3.04. The number of hydrogen-bond acceptors (Lipinski definition) is 4. The molecule has 0 saturated heterocycles. The SMILES string of the molecule is NC(N)=NC(=O)c1cnc2[nH]ccc2c1NC1C2CC3CC1CC(O)(C3)C2. The molecule has 2 aromatic heterocycles. The highest BCUT2D eigenvalue weighted by Gasteiger charge is 2.54. The van der Waals surface area contributed by atoms with Gasteiger partial charge in [0.15, 0.2) is 5.96 Å². The van der Waals surface area contributed by atoms with E-state index in [0.717, 1.165) is 43.2 Å². The molecule has 0 spiro atoms. The molecular weight excluding hydrogens is 344 g/mol. The van der Waals surface area contributed by atoms with Crippen molar-refractivity contribution >= 4 is 28.6 Å². The van der Waals surface area contributed by atoms with Crippen LogP contribution in [0.3, 0.4) is 0 Å². The van der Waals surface area contributed by atoms with Crippen molar-refractivity contribution in [3.63, 3.8) is 0 Å². The summed E-state index contributed by atoms with van der Waals surface area (Å²) in [6, 6.07) is 2.13. The topological polar surface area (TPSA) is 142 Å². The van der Waals surface area contributed by atoms with Gasteiger partial charge in [0.25, 0.3) is 5.91 Å². The third kappa shape index (κ3) is 2.66. The second kappa shape index (κ2) is 5.69. The number of carbonyl (C=O) groups excluding carboxylic acids is 1. The molecule has 4 saturated carbocycles. The largest absolute Gasteiger partial charge is 0.390 e. The van der Waals surface area contributed by atoms with Crippen LogP contribution in [-0.4, -0.2) is 38.6 Å². The molecule has 0 aliphatic heterocycles. The van der Waals surface area contributed by atoms with Crippen molar-refractivity contribution in [1.29, 1.82) is 0 Å². The Kier molecular flexibility index (Phi) is 3.49. The molecule has 7 N–H and O–H groups in total. The number of aliphatic hydroxyl groups is 1. The van der Waals surface area contributed by atoms with Crippen LogP contribution < -0.4 is 16.8 Å². The maximum Gasteiger partial charge on any atom is 0.283 e. The summed E-state index contributed by atoms with van der Waals surface area (Å²) < 4.78 is 0. The number of nitrogens with one attached hydrogen (secondary N) is 2. The van der Waals surface area contributed by atoms with Crippen LogP contribution in [0.4, 0.5) is 5.69 Å². The van der Waals surface area contributed by atoms with Gasteiger partial charge < -0.3 is 26.9 Å². The highest BCUT2D eigenvalue weighted by molar-refractivity contribution is 6.10. The minimum absolute atomic E-state index is 0.230. The Hall–Kier alpha value is -2.61. The third-order valence-electron chi connectivity index (χ3n) is 6.60. The second-order valence-electron chi connectivity index (χ2n) is 8.49. The van der Waals surface area contributed by atoms with E-state index in [1.807, 2.05) is 6.07 Å². The average molecular weight is 368 g/mol. The number of fused-ring (bicyclic) bond motifs is 1. The fraction of sp³-hybridized carbons (Fsp3) is 0.526. The van der Waals surface area contributed by atoms with Gasteiger partial charge in [0.05, 0.1) is 16.9 Å². The van der Waals surface area contributed by atoms with E-state index >= 15 is 0 Å². The number of nitrogens with two attached hydrogens (primary N) is 2. The number of hydrogen-bond donors (Lipinski definition) is 5. The highest BCUT2D eigenvalue weighted by Crippen LogP contribution is 2.56. The van der Waals surface area contributed by atoms with Crippen LogP contribution in [0.2, 0.25) is 0 Å². The minimum Gasteiger partial charge on any atom is -0.390 e. The zero-order valence-electron chi connectivity index (χ0n) is 15.0. The van der Waals surface area contributed by atoms with Crippen molar-refractivity contribution in [2.45, 2.75) is 43.7 Å². The summed E-state index contributed by atoms with van der Waals surface area (Å²) in [6.07, 6.45) is 8.19. The third-order valence-corrected chi connectivity index (χ3v) is 6.60. The maximum atomic E-state index is 12.6. The lowest BCUT2D eigenvalue weighted by Gasteiger charge is -2.58. The number of amides is 1. The first-order chi connectivity index (χ1) is 12.9. The monoisotopic (exact) mass is 368 g/mol. The second-order valence-corrected chi connectivity index (χ2v) is 8.49. The van der Waals surface area contributed by atoms with Gasteiger partial charge in [-0.2, -0.15) is 4.99 Å². The van der Waals surface area contributed by atoms with Gasteiger partial charge in [0, 0.05) is 23.8 Å². The number of nitrogens with zero attached hydrogens (tertiary/aromatic N) is 2. The van der Waals surface area contributed by atoms with Crippen LogP contribution in [0.15, 0.2) is 23.5 Å². The molecule has 27 heavy (non-hydrogen) atoms. The van der Waals surface area contributed by atoms with Gasteiger partial charge in [-0.1, -0.05) is 0 Å². The molecule has 8 nitrogen and oxygen atoms in total. The van der Waals surface area contributed by atoms with Crippen molar-refractivity contribution in [3.8, 4) is 0 Å². The quantitative estimate of drug-likeness (QED) is 0.408. The van der Waals surface area contributed by atoms with Crippen LogP contribution in [0.25, 0.3) is 11.0 Å². The summed E-state index contributed by atoms with van der Waals surface area (Å²) in [5.41, 5.74) is 12.1. The number of H-pyrrole nitrogens is 1. The molecule has 0 aromatic carbocycles. The fourth-order valence-corrected chi connectivity index (χ4v) is 5.89. The first-order valence-electron chi connectivity index (χ1n) is 9.51. The number of guanidine groups is 1. The first-order valence-corrected chi connectivity index (χ1v) is 9.51. The Labute approximate surface area is 156 Å². The Morgan fingerprint density at radius 2 is 2.04 bits per heavy atom. The van der Waals surface area contributed by atoms with Crippen molar-refractivity contribution in [3.05, 3.63) is 24.0 Å². The first kappa shape index (κ1) is 16.6. The van der Waals surface area contributed by atoms with E-state index in [1.165, 1.54) is 6.20 Å². The van der Waals surface area contributed by atoms with Crippen LogP contribution in [0.1, 0.15) is 42.5 Å². The lowest BCUT2D eigenvalue weighted by molar-refractivity contribution is -0.129. The Morgan fingerprint density at radius 3 is 2.70 bits per heavy atom. The molecule has 4 aliphatic rings. The van der Waals surface area contributed by atoms with E-state index in [9.17, 15) is 9.90 Å². The zero-order chi connectivity index (χ0) is 18.8. The predicted molar refractivity (Wildman–Crippen MR) is 102 cm³/mol. The molecule has 2 unspecified atom stereocenters. The fourth-order valence-electron chi connectivity index (χ4n) is 5.89. The molecule has 0 radical (unpaired) electrons. The molecular formula is C19H24N6O2. The van der Waals surface area contributed by atoms with Gasteiger partial charge in [0.2, 0.25) is 0 Å². The van der Waals surface area contributed by atoms with Crippen molar-refractivity contribution in [2.75, 3.05) is 5.32 Å². The van der Waals surface area contributed by atoms with E-state index in [-0.39, 0.29) is 12.0 Å². The lowest BCUT2D eigenvalue weighted by Crippen LogP contribution is -2.59. The minimum atomic E-state index is -0.504. The van der Waals surface area contributed by atoms with Crippen LogP contribution in [0.5, 0.6) is 0 Å². The summed E-state index contributed by atoms with van der Waals surface area (Å²) in [7, 11) is 0. The smallest absolute Gasteiger partial charge is 0.283 e. The van der Waals surface area contributed by atoms with Crippen LogP contribution >= 0.6 is 0 Å². The molecule has 4 bridgehead atoms. The molecule has 1 amide bonds. The summed E-state index contributed by atoms with van der Waals surface area (Å²) in [5, 5.41) is 15.3. The van der Waals surface area contributed by atoms with E-state index in [0.29, 0.717) is 29.0 Å². The summed E-state index contributed by atoms with van der Waals surface area (Å²) in [4.78, 5) is 23.7. The molecule has 4 fully saturated rings. The van der Waals surface area contributed by atoms with Gasteiger partial charge in [0.1, 0.15) is 5.65 Å². The zero-order valence-corrected chi connectivity index (χ0v) is 15.0. The molecule has 2 aromatic rings. The number of carbonyl (C=O) groups is 1. The Bertz CT molecular complexity index is 931. The van der Waals surface area contributed by atoms with E-state index in [2.05, 4.69) is 20.3 Å². The lowest BCUT2D eigenvalue weighted by atomic mass is 9.52.